The van der Waals surface area contributed by atoms with Gasteiger partial charge in [-0.25, -0.2) is 9.69 Å². The minimum absolute atomic E-state index is 0.133. The van der Waals surface area contributed by atoms with Gasteiger partial charge in [-0.2, -0.15) is 0 Å². The van der Waals surface area contributed by atoms with Crippen LogP contribution >= 0.6 is 0 Å². The third kappa shape index (κ3) is 6.32. The molecule has 0 spiro atoms. The van der Waals surface area contributed by atoms with Gasteiger partial charge in [0.1, 0.15) is 0 Å². The summed E-state index contributed by atoms with van der Waals surface area (Å²) in [5, 5.41) is 3.40. The van der Waals surface area contributed by atoms with Gasteiger partial charge in [-0.1, -0.05) is 80.3 Å². The zero-order chi connectivity index (χ0) is 27.2. The second-order valence-corrected chi connectivity index (χ2v) is 10.2. The number of ether oxygens (including phenoxy) is 1. The topological polar surface area (TPSA) is 92.8 Å². The average molecular weight is 525 g/mol. The summed E-state index contributed by atoms with van der Waals surface area (Å²) in [6, 6.07) is 22.9. The number of hydrogen-bond acceptors (Lipinski definition) is 6. The zero-order valence-electron chi connectivity index (χ0n) is 21.8. The van der Waals surface area contributed by atoms with Crippen LogP contribution in [0.3, 0.4) is 0 Å². The highest BCUT2D eigenvalue weighted by molar-refractivity contribution is 6.22. The van der Waals surface area contributed by atoms with Gasteiger partial charge in [-0.3, -0.25) is 14.4 Å². The van der Waals surface area contributed by atoms with Crippen molar-refractivity contribution in [1.82, 2.24) is 5.32 Å². The van der Waals surface area contributed by atoms with Gasteiger partial charge in [0.15, 0.2) is 12.4 Å². The van der Waals surface area contributed by atoms with E-state index in [1.165, 1.54) is 29.9 Å². The molecule has 1 unspecified atom stereocenters. The summed E-state index contributed by atoms with van der Waals surface area (Å²) < 4.78 is 5.23. The summed E-state index contributed by atoms with van der Waals surface area (Å²) in [6.45, 7) is -0.386. The molecule has 7 heteroatoms. The zero-order valence-corrected chi connectivity index (χ0v) is 21.8. The number of carbonyl (C=O) groups excluding carboxylic acids is 4. The summed E-state index contributed by atoms with van der Waals surface area (Å²) in [5.41, 5.74) is 3.15. The number of benzene rings is 3. The molecule has 2 amide bonds. The Kier molecular flexibility index (Phi) is 8.27. The van der Waals surface area contributed by atoms with Crippen LogP contribution in [0.15, 0.2) is 78.9 Å². The van der Waals surface area contributed by atoms with E-state index >= 15 is 0 Å². The van der Waals surface area contributed by atoms with Crippen molar-refractivity contribution in [3.63, 3.8) is 0 Å². The molecule has 1 saturated carbocycles. The Hall–Kier alpha value is -4.10. The molecule has 1 saturated heterocycles. The van der Waals surface area contributed by atoms with Gasteiger partial charge in [0.2, 0.25) is 5.91 Å². The lowest BCUT2D eigenvalue weighted by molar-refractivity contribution is -0.121. The molecule has 200 valence electrons. The molecule has 5 rings (SSSR count). The molecule has 1 N–H and O–H groups in total. The van der Waals surface area contributed by atoms with E-state index in [1.54, 1.807) is 24.3 Å². The van der Waals surface area contributed by atoms with E-state index in [-0.39, 0.29) is 42.2 Å². The fourth-order valence-corrected chi connectivity index (χ4v) is 5.29. The number of Topliss-reactive ketones (excluding diaryl/α,β-unsaturated/α-hetero) is 1. The van der Waals surface area contributed by atoms with E-state index in [9.17, 15) is 19.2 Å². The average Bonchev–Trinajstić information content (AvgIpc) is 3.12. The van der Waals surface area contributed by atoms with Crippen LogP contribution in [0.2, 0.25) is 0 Å². The molecule has 1 atom stereocenters. The van der Waals surface area contributed by atoms with Gasteiger partial charge in [-0.15, -0.1) is 0 Å². The van der Waals surface area contributed by atoms with Crippen molar-refractivity contribution in [1.29, 1.82) is 0 Å². The molecule has 1 heterocycles. The third-order valence-corrected chi connectivity index (χ3v) is 7.45. The normalized spacial score (nSPS) is 18.2. The van der Waals surface area contributed by atoms with Crippen LogP contribution in [-0.2, 0) is 14.3 Å². The third-order valence-electron chi connectivity index (χ3n) is 7.45. The highest BCUT2D eigenvalue weighted by Gasteiger charge is 2.40. The predicted molar refractivity (Wildman–Crippen MR) is 148 cm³/mol. The second-order valence-electron chi connectivity index (χ2n) is 10.2. The Bertz CT molecular complexity index is 1330. The smallest absolute Gasteiger partial charge is 0.338 e. The van der Waals surface area contributed by atoms with Crippen LogP contribution in [0.1, 0.15) is 65.7 Å². The van der Waals surface area contributed by atoms with Crippen molar-refractivity contribution >= 4 is 29.3 Å². The first-order chi connectivity index (χ1) is 19.0. The van der Waals surface area contributed by atoms with Crippen LogP contribution in [0.4, 0.5) is 5.69 Å². The summed E-state index contributed by atoms with van der Waals surface area (Å²) >= 11 is 0. The van der Waals surface area contributed by atoms with Gasteiger partial charge in [0.05, 0.1) is 23.7 Å². The summed E-state index contributed by atoms with van der Waals surface area (Å²) in [5.74, 6) is -1.48. The highest BCUT2D eigenvalue weighted by atomic mass is 16.5. The first-order valence-corrected chi connectivity index (χ1v) is 13.6. The minimum Gasteiger partial charge on any atom is -0.454 e. The number of esters is 1. The van der Waals surface area contributed by atoms with Crippen LogP contribution in [-0.4, -0.2) is 42.3 Å². The van der Waals surface area contributed by atoms with Crippen molar-refractivity contribution in [2.24, 2.45) is 0 Å². The highest BCUT2D eigenvalue weighted by Crippen LogP contribution is 2.26. The summed E-state index contributed by atoms with van der Waals surface area (Å²) in [7, 11) is 0. The number of hydrogen-bond donors (Lipinski definition) is 1. The van der Waals surface area contributed by atoms with E-state index in [0.717, 1.165) is 36.8 Å². The Balaban J connectivity index is 1.15. The van der Waals surface area contributed by atoms with Crippen LogP contribution in [0.25, 0.3) is 11.1 Å². The Morgan fingerprint density at radius 3 is 2.05 bits per heavy atom. The molecule has 3 aromatic rings. The number of rotatable bonds is 8. The molecule has 1 aliphatic carbocycles. The van der Waals surface area contributed by atoms with Gasteiger partial charge in [-0.05, 0) is 48.2 Å². The Morgan fingerprint density at radius 2 is 1.38 bits per heavy atom. The molecule has 2 aliphatic rings. The number of amides is 2. The van der Waals surface area contributed by atoms with Gasteiger partial charge < -0.3 is 10.1 Å². The van der Waals surface area contributed by atoms with E-state index in [2.05, 4.69) is 5.32 Å². The van der Waals surface area contributed by atoms with E-state index in [4.69, 9.17) is 4.74 Å². The monoisotopic (exact) mass is 524 g/mol. The van der Waals surface area contributed by atoms with Crippen LogP contribution < -0.4 is 10.2 Å². The molecule has 0 bridgehead atoms. The predicted octanol–water partition coefficient (Wildman–Crippen LogP) is 5.34. The van der Waals surface area contributed by atoms with Crippen molar-refractivity contribution in [3.8, 4) is 11.1 Å². The lowest BCUT2D eigenvalue weighted by Gasteiger charge is -2.21. The van der Waals surface area contributed by atoms with Gasteiger partial charge in [0.25, 0.3) is 5.91 Å². The van der Waals surface area contributed by atoms with Crippen molar-refractivity contribution in [3.05, 3.63) is 90.0 Å². The number of nitrogens with zero attached hydrogens (tertiary/aromatic N) is 1. The SMILES string of the molecule is O=C(COC(=O)c1ccc(N2C(=O)CC(NC3CCCCCC3)C2=O)cc1)c1ccc(-c2ccccc2)cc1. The van der Waals surface area contributed by atoms with E-state index < -0.39 is 12.0 Å². The molecule has 3 aromatic carbocycles. The number of carbonyl (C=O) groups is 4. The lowest BCUT2D eigenvalue weighted by Crippen LogP contribution is -2.43. The van der Waals surface area contributed by atoms with Crippen molar-refractivity contribution < 1.29 is 23.9 Å². The second kappa shape index (κ2) is 12.2. The number of anilines is 1. The molecular weight excluding hydrogens is 492 g/mol. The Labute approximate surface area is 228 Å². The van der Waals surface area contributed by atoms with Gasteiger partial charge in [0, 0.05) is 11.6 Å². The maximum absolute atomic E-state index is 13.0. The molecule has 7 nitrogen and oxygen atoms in total. The largest absolute Gasteiger partial charge is 0.454 e. The molecule has 39 heavy (non-hydrogen) atoms. The van der Waals surface area contributed by atoms with Crippen LogP contribution in [0, 0.1) is 0 Å². The lowest BCUT2D eigenvalue weighted by atomic mass is 10.0. The van der Waals surface area contributed by atoms with Gasteiger partial charge >= 0.3 is 5.97 Å². The fraction of sp³-hybridized carbons (Fsp3) is 0.312. The molecule has 0 radical (unpaired) electrons. The van der Waals surface area contributed by atoms with E-state index in [0.29, 0.717) is 11.3 Å². The summed E-state index contributed by atoms with van der Waals surface area (Å²) in [6.07, 6.45) is 6.89. The maximum atomic E-state index is 13.0. The van der Waals surface area contributed by atoms with Crippen molar-refractivity contribution in [2.45, 2.75) is 57.0 Å². The first-order valence-electron chi connectivity index (χ1n) is 13.6. The number of nitrogens with one attached hydrogen (secondary N) is 1. The first kappa shape index (κ1) is 26.5. The molecular formula is C32H32N2O5. The molecule has 0 aromatic heterocycles. The maximum Gasteiger partial charge on any atom is 0.338 e. The number of ketones is 1. The minimum atomic E-state index is -0.650. The summed E-state index contributed by atoms with van der Waals surface area (Å²) in [4.78, 5) is 52.0. The van der Waals surface area contributed by atoms with Crippen LogP contribution in [0.5, 0.6) is 0 Å². The standard InChI is InChI=1S/C32H32N2O5/c35-29(24-14-12-23(13-15-24)22-8-4-3-5-9-22)21-39-32(38)25-16-18-27(19-17-25)34-30(36)20-28(31(34)37)33-26-10-6-1-2-7-11-26/h3-5,8-9,12-19,26,28,33H,1-2,6-7,10-11,20-21H2. The Morgan fingerprint density at radius 1 is 0.769 bits per heavy atom. The fourth-order valence-electron chi connectivity index (χ4n) is 5.29. The van der Waals surface area contributed by atoms with Crippen molar-refractivity contribution in [2.75, 3.05) is 11.5 Å². The number of imide groups is 1. The molecule has 1 aliphatic heterocycles. The molecule has 2 fully saturated rings. The quantitative estimate of drug-likeness (QED) is 0.185. The van der Waals surface area contributed by atoms with E-state index in [1.807, 2.05) is 42.5 Å².